The van der Waals surface area contributed by atoms with Gasteiger partial charge in [0.1, 0.15) is 5.82 Å². The van der Waals surface area contributed by atoms with E-state index in [-0.39, 0.29) is 0 Å². The summed E-state index contributed by atoms with van der Waals surface area (Å²) in [5.41, 5.74) is 6.95. The molecular weight excluding hydrogens is 176 g/mol. The second-order valence-electron chi connectivity index (χ2n) is 4.13. The Hall–Kier alpha value is -0.870. The molecule has 0 aromatic carbocycles. The molecule has 0 saturated heterocycles. The normalized spacial score (nSPS) is 21.3. The molecule has 1 aliphatic rings. The van der Waals surface area contributed by atoms with Gasteiger partial charge in [0.15, 0.2) is 0 Å². The number of hydrogen-bond donors (Lipinski definition) is 1. The van der Waals surface area contributed by atoms with Crippen LogP contribution in [0.3, 0.4) is 0 Å². The maximum Gasteiger partial charge on any atom is 0.122 e. The van der Waals surface area contributed by atoms with Crippen LogP contribution in [0.25, 0.3) is 0 Å². The Labute approximate surface area is 84.7 Å². The third-order valence-corrected chi connectivity index (χ3v) is 3.06. The van der Waals surface area contributed by atoms with Gasteiger partial charge in [-0.05, 0) is 20.5 Å². The van der Waals surface area contributed by atoms with E-state index in [9.17, 15) is 0 Å². The first-order valence-corrected chi connectivity index (χ1v) is 5.12. The SMILES string of the molecule is CN(C)C1CCn2c(cnc2CN)C1. The molecule has 2 rings (SSSR count). The first kappa shape index (κ1) is 9.68. The zero-order valence-corrected chi connectivity index (χ0v) is 8.90. The van der Waals surface area contributed by atoms with Gasteiger partial charge < -0.3 is 15.2 Å². The fraction of sp³-hybridized carbons (Fsp3) is 0.700. The lowest BCUT2D eigenvalue weighted by molar-refractivity contribution is 0.244. The van der Waals surface area contributed by atoms with Gasteiger partial charge in [-0.3, -0.25) is 0 Å². The number of rotatable bonds is 2. The third kappa shape index (κ3) is 1.55. The Bertz CT molecular complexity index is 316. The summed E-state index contributed by atoms with van der Waals surface area (Å²) in [6, 6.07) is 0.657. The van der Waals surface area contributed by atoms with E-state index in [2.05, 4.69) is 28.5 Å². The first-order valence-electron chi connectivity index (χ1n) is 5.12. The van der Waals surface area contributed by atoms with Gasteiger partial charge >= 0.3 is 0 Å². The molecule has 2 N–H and O–H groups in total. The lowest BCUT2D eigenvalue weighted by atomic mass is 10.0. The average Bonchev–Trinajstić information content (AvgIpc) is 2.59. The highest BCUT2D eigenvalue weighted by Gasteiger charge is 2.21. The van der Waals surface area contributed by atoms with Crippen molar-refractivity contribution in [3.63, 3.8) is 0 Å². The van der Waals surface area contributed by atoms with Gasteiger partial charge in [0, 0.05) is 30.9 Å². The molecule has 1 aromatic rings. The summed E-state index contributed by atoms with van der Waals surface area (Å²) in [6.45, 7) is 1.61. The van der Waals surface area contributed by atoms with Crippen LogP contribution in [-0.2, 0) is 19.5 Å². The maximum absolute atomic E-state index is 5.62. The Balaban J connectivity index is 2.20. The van der Waals surface area contributed by atoms with Gasteiger partial charge in [-0.1, -0.05) is 0 Å². The van der Waals surface area contributed by atoms with Gasteiger partial charge in [0.2, 0.25) is 0 Å². The van der Waals surface area contributed by atoms with Crippen molar-refractivity contribution in [3.8, 4) is 0 Å². The van der Waals surface area contributed by atoms with Gasteiger partial charge in [0.25, 0.3) is 0 Å². The number of aromatic nitrogens is 2. The molecule has 0 amide bonds. The Morgan fingerprint density at radius 1 is 1.64 bits per heavy atom. The minimum Gasteiger partial charge on any atom is -0.331 e. The van der Waals surface area contributed by atoms with E-state index in [1.807, 2.05) is 6.20 Å². The van der Waals surface area contributed by atoms with Crippen molar-refractivity contribution >= 4 is 0 Å². The number of likely N-dealkylation sites (N-methyl/N-ethyl adjacent to an activating group) is 1. The van der Waals surface area contributed by atoms with Crippen LogP contribution in [0.5, 0.6) is 0 Å². The van der Waals surface area contributed by atoms with Gasteiger partial charge in [0.05, 0.1) is 6.54 Å². The van der Waals surface area contributed by atoms with Crippen molar-refractivity contribution in [2.75, 3.05) is 14.1 Å². The fourth-order valence-electron chi connectivity index (χ4n) is 2.12. The van der Waals surface area contributed by atoms with Crippen molar-refractivity contribution in [2.45, 2.75) is 32.0 Å². The van der Waals surface area contributed by atoms with E-state index >= 15 is 0 Å². The number of fused-ring (bicyclic) bond motifs is 1. The summed E-state index contributed by atoms with van der Waals surface area (Å²) in [4.78, 5) is 6.62. The molecule has 4 nitrogen and oxygen atoms in total. The Kier molecular flexibility index (Phi) is 2.56. The average molecular weight is 194 g/mol. The molecule has 1 atom stereocenters. The fourth-order valence-corrected chi connectivity index (χ4v) is 2.12. The molecule has 2 heterocycles. The van der Waals surface area contributed by atoms with E-state index in [4.69, 9.17) is 5.73 Å². The molecule has 0 bridgehead atoms. The topological polar surface area (TPSA) is 47.1 Å². The van der Waals surface area contributed by atoms with Crippen LogP contribution in [0, 0.1) is 0 Å². The minimum absolute atomic E-state index is 0.548. The zero-order valence-electron chi connectivity index (χ0n) is 8.90. The predicted molar refractivity (Wildman–Crippen MR) is 55.9 cm³/mol. The minimum atomic E-state index is 0.548. The monoisotopic (exact) mass is 194 g/mol. The smallest absolute Gasteiger partial charge is 0.122 e. The number of imidazole rings is 1. The molecule has 0 radical (unpaired) electrons. The van der Waals surface area contributed by atoms with Crippen LogP contribution in [0.4, 0.5) is 0 Å². The van der Waals surface area contributed by atoms with E-state index in [0.29, 0.717) is 12.6 Å². The number of nitrogens with zero attached hydrogens (tertiary/aromatic N) is 3. The maximum atomic E-state index is 5.62. The summed E-state index contributed by atoms with van der Waals surface area (Å²) < 4.78 is 2.26. The molecule has 1 aliphatic heterocycles. The van der Waals surface area contributed by atoms with Gasteiger partial charge in [-0.15, -0.1) is 0 Å². The van der Waals surface area contributed by atoms with Crippen molar-refractivity contribution < 1.29 is 0 Å². The van der Waals surface area contributed by atoms with Crippen LogP contribution in [0.1, 0.15) is 17.9 Å². The summed E-state index contributed by atoms with van der Waals surface area (Å²) in [6.07, 6.45) is 4.27. The molecule has 1 unspecified atom stereocenters. The van der Waals surface area contributed by atoms with Crippen molar-refractivity contribution in [1.82, 2.24) is 14.5 Å². The quantitative estimate of drug-likeness (QED) is 0.732. The van der Waals surface area contributed by atoms with E-state index in [0.717, 1.165) is 18.8 Å². The van der Waals surface area contributed by atoms with Crippen LogP contribution < -0.4 is 5.73 Å². The van der Waals surface area contributed by atoms with E-state index < -0.39 is 0 Å². The standard InChI is InChI=1S/C10H18N4/c1-13(2)8-3-4-14-9(5-8)7-12-10(14)6-11/h7-8H,3-6,11H2,1-2H3. The Morgan fingerprint density at radius 3 is 3.07 bits per heavy atom. The van der Waals surface area contributed by atoms with Crippen molar-refractivity contribution in [1.29, 1.82) is 0 Å². The second-order valence-corrected chi connectivity index (χ2v) is 4.13. The largest absolute Gasteiger partial charge is 0.331 e. The summed E-state index contributed by atoms with van der Waals surface area (Å²) in [7, 11) is 4.28. The predicted octanol–water partition coefficient (Wildman–Crippen LogP) is 0.218. The first-order chi connectivity index (χ1) is 6.72. The molecule has 0 aliphatic carbocycles. The molecule has 0 fully saturated rings. The lowest BCUT2D eigenvalue weighted by Crippen LogP contribution is -2.35. The number of hydrogen-bond acceptors (Lipinski definition) is 3. The van der Waals surface area contributed by atoms with Crippen molar-refractivity contribution in [2.24, 2.45) is 5.73 Å². The molecule has 1 aromatic heterocycles. The van der Waals surface area contributed by atoms with E-state index in [1.54, 1.807) is 0 Å². The van der Waals surface area contributed by atoms with Crippen LogP contribution >= 0.6 is 0 Å². The van der Waals surface area contributed by atoms with Gasteiger partial charge in [-0.2, -0.15) is 0 Å². The molecule has 4 heteroatoms. The Morgan fingerprint density at radius 2 is 2.43 bits per heavy atom. The molecule has 0 saturated carbocycles. The van der Waals surface area contributed by atoms with Crippen LogP contribution in [0.15, 0.2) is 6.20 Å². The lowest BCUT2D eigenvalue weighted by Gasteiger charge is -2.29. The highest BCUT2D eigenvalue weighted by atomic mass is 15.2. The molecule has 0 spiro atoms. The van der Waals surface area contributed by atoms with E-state index in [1.165, 1.54) is 12.1 Å². The third-order valence-electron chi connectivity index (χ3n) is 3.06. The molecule has 14 heavy (non-hydrogen) atoms. The summed E-state index contributed by atoms with van der Waals surface area (Å²) in [5, 5.41) is 0. The van der Waals surface area contributed by atoms with Crippen LogP contribution in [0.2, 0.25) is 0 Å². The van der Waals surface area contributed by atoms with Gasteiger partial charge in [-0.25, -0.2) is 4.98 Å². The number of nitrogens with two attached hydrogens (primary N) is 1. The van der Waals surface area contributed by atoms with Crippen molar-refractivity contribution in [3.05, 3.63) is 17.7 Å². The summed E-state index contributed by atoms with van der Waals surface area (Å²) in [5.74, 6) is 1.03. The molecule has 78 valence electrons. The van der Waals surface area contributed by atoms with Crippen LogP contribution in [-0.4, -0.2) is 34.6 Å². The highest BCUT2D eigenvalue weighted by Crippen LogP contribution is 2.19. The zero-order chi connectivity index (χ0) is 10.1. The summed E-state index contributed by atoms with van der Waals surface area (Å²) >= 11 is 0. The highest BCUT2D eigenvalue weighted by molar-refractivity contribution is 5.10. The molecular formula is C10H18N4. The second kappa shape index (κ2) is 3.71.